The topological polar surface area (TPSA) is 80.0 Å². The second kappa shape index (κ2) is 5.89. The Morgan fingerprint density at radius 3 is 2.62 bits per heavy atom. The highest BCUT2D eigenvalue weighted by atomic mass is 16.5. The number of aliphatic carboxylic acids is 1. The number of hydrogen-bond acceptors (Lipinski definition) is 4. The highest BCUT2D eigenvalue weighted by Gasteiger charge is 2.41. The molecule has 1 amide bonds. The number of amides is 1. The molecule has 6 heteroatoms. The zero-order valence-electron chi connectivity index (χ0n) is 12.8. The van der Waals surface area contributed by atoms with E-state index in [0.29, 0.717) is 17.7 Å². The van der Waals surface area contributed by atoms with Gasteiger partial charge in [-0.25, -0.2) is 4.79 Å². The molecule has 2 unspecified atom stereocenters. The van der Waals surface area contributed by atoms with Gasteiger partial charge in [0.1, 0.15) is 17.6 Å². The number of methoxy groups -OCH3 is 1. The fourth-order valence-electron chi connectivity index (χ4n) is 2.58. The summed E-state index contributed by atoms with van der Waals surface area (Å²) in [5.74, 6) is 0.105. The molecule has 1 aromatic rings. The molecule has 0 radical (unpaired) electrons. The van der Waals surface area contributed by atoms with Gasteiger partial charge in [-0.15, -0.1) is 0 Å². The summed E-state index contributed by atoms with van der Waals surface area (Å²) in [5, 5.41) is 9.28. The molecule has 1 fully saturated rings. The van der Waals surface area contributed by atoms with E-state index >= 15 is 0 Å². The van der Waals surface area contributed by atoms with E-state index < -0.39 is 12.0 Å². The SMILES string of the molecule is COC1CC(C(=O)O)N(C(=O)c2cc(C(C)C)oc2C)C1. The van der Waals surface area contributed by atoms with Crippen LogP contribution in [0.2, 0.25) is 0 Å². The lowest BCUT2D eigenvalue weighted by atomic mass is 10.1. The fraction of sp³-hybridized carbons (Fsp3) is 0.600. The number of furan rings is 1. The Kier molecular flexibility index (Phi) is 4.37. The Hall–Kier alpha value is -1.82. The zero-order chi connectivity index (χ0) is 15.7. The van der Waals surface area contributed by atoms with Crippen LogP contribution in [0.15, 0.2) is 10.5 Å². The molecule has 1 aliphatic rings. The molecule has 2 heterocycles. The number of ether oxygens (including phenoxy) is 1. The largest absolute Gasteiger partial charge is 0.480 e. The first-order chi connectivity index (χ1) is 9.85. The van der Waals surface area contributed by atoms with Crippen molar-refractivity contribution in [1.29, 1.82) is 0 Å². The van der Waals surface area contributed by atoms with Gasteiger partial charge in [-0.05, 0) is 13.0 Å². The average Bonchev–Trinajstić information content (AvgIpc) is 3.01. The Balaban J connectivity index is 2.28. The molecule has 1 saturated heterocycles. The van der Waals surface area contributed by atoms with Crippen LogP contribution in [0.4, 0.5) is 0 Å². The summed E-state index contributed by atoms with van der Waals surface area (Å²) in [4.78, 5) is 25.3. The lowest BCUT2D eigenvalue weighted by Crippen LogP contribution is -2.40. The van der Waals surface area contributed by atoms with E-state index in [9.17, 15) is 14.7 Å². The maximum Gasteiger partial charge on any atom is 0.326 e. The van der Waals surface area contributed by atoms with E-state index in [-0.39, 0.29) is 24.5 Å². The monoisotopic (exact) mass is 295 g/mol. The van der Waals surface area contributed by atoms with Gasteiger partial charge in [0.25, 0.3) is 5.91 Å². The van der Waals surface area contributed by atoms with Crippen molar-refractivity contribution in [3.63, 3.8) is 0 Å². The summed E-state index contributed by atoms with van der Waals surface area (Å²) in [6.45, 7) is 5.96. The molecule has 0 aliphatic carbocycles. The van der Waals surface area contributed by atoms with Crippen LogP contribution in [0, 0.1) is 6.92 Å². The van der Waals surface area contributed by atoms with Crippen LogP contribution in [0.25, 0.3) is 0 Å². The first-order valence-corrected chi connectivity index (χ1v) is 7.02. The first kappa shape index (κ1) is 15.6. The van der Waals surface area contributed by atoms with Crippen LogP contribution in [-0.4, -0.2) is 47.7 Å². The normalized spacial score (nSPS) is 22.0. The Labute approximate surface area is 123 Å². The Bertz CT molecular complexity index is 548. The number of aryl methyl sites for hydroxylation is 1. The average molecular weight is 295 g/mol. The van der Waals surface area contributed by atoms with E-state index in [4.69, 9.17) is 9.15 Å². The highest BCUT2D eigenvalue weighted by molar-refractivity contribution is 5.98. The third-order valence-corrected chi connectivity index (χ3v) is 3.88. The highest BCUT2D eigenvalue weighted by Crippen LogP contribution is 2.27. The molecular weight excluding hydrogens is 274 g/mol. The van der Waals surface area contributed by atoms with E-state index in [1.54, 1.807) is 13.0 Å². The molecule has 116 valence electrons. The lowest BCUT2D eigenvalue weighted by Gasteiger charge is -2.20. The number of rotatable bonds is 4. The van der Waals surface area contributed by atoms with E-state index in [1.807, 2.05) is 13.8 Å². The van der Waals surface area contributed by atoms with Crippen molar-refractivity contribution in [3.05, 3.63) is 23.2 Å². The second-order valence-electron chi connectivity index (χ2n) is 5.68. The molecule has 21 heavy (non-hydrogen) atoms. The first-order valence-electron chi connectivity index (χ1n) is 7.02. The Morgan fingerprint density at radius 1 is 1.48 bits per heavy atom. The second-order valence-corrected chi connectivity index (χ2v) is 5.68. The van der Waals surface area contributed by atoms with Gasteiger partial charge in [0.15, 0.2) is 0 Å². The molecule has 0 saturated carbocycles. The van der Waals surface area contributed by atoms with Crippen LogP contribution >= 0.6 is 0 Å². The third kappa shape index (κ3) is 2.95. The summed E-state index contributed by atoms with van der Waals surface area (Å²) in [6.07, 6.45) is 0.0673. The maximum atomic E-state index is 12.6. The number of carbonyl (C=O) groups is 2. The third-order valence-electron chi connectivity index (χ3n) is 3.88. The summed E-state index contributed by atoms with van der Waals surface area (Å²) in [6, 6.07) is 0.862. The van der Waals surface area contributed by atoms with Gasteiger partial charge in [-0.3, -0.25) is 4.79 Å². The molecule has 1 aliphatic heterocycles. The van der Waals surface area contributed by atoms with Crippen molar-refractivity contribution in [2.45, 2.75) is 45.3 Å². The number of nitrogens with zero attached hydrogens (tertiary/aromatic N) is 1. The molecule has 0 aromatic carbocycles. The minimum Gasteiger partial charge on any atom is -0.480 e. The quantitative estimate of drug-likeness (QED) is 0.919. The van der Waals surface area contributed by atoms with Gasteiger partial charge in [0, 0.05) is 26.0 Å². The maximum absolute atomic E-state index is 12.6. The molecular formula is C15H21NO5. The van der Waals surface area contributed by atoms with Crippen LogP contribution in [0.5, 0.6) is 0 Å². The predicted octanol–water partition coefficient (Wildman–Crippen LogP) is 2.03. The van der Waals surface area contributed by atoms with Crippen molar-refractivity contribution in [1.82, 2.24) is 4.90 Å². The molecule has 0 bridgehead atoms. The van der Waals surface area contributed by atoms with Gasteiger partial charge >= 0.3 is 5.97 Å². The van der Waals surface area contributed by atoms with Crippen molar-refractivity contribution >= 4 is 11.9 Å². The van der Waals surface area contributed by atoms with Crippen molar-refractivity contribution in [2.75, 3.05) is 13.7 Å². The van der Waals surface area contributed by atoms with Crippen LogP contribution in [0.3, 0.4) is 0 Å². The van der Waals surface area contributed by atoms with Gasteiger partial charge in [-0.1, -0.05) is 13.8 Å². The van der Waals surface area contributed by atoms with Gasteiger partial charge in [0.05, 0.1) is 11.7 Å². The van der Waals surface area contributed by atoms with Crippen LogP contribution < -0.4 is 0 Å². The summed E-state index contributed by atoms with van der Waals surface area (Å²) in [5.41, 5.74) is 0.432. The Morgan fingerprint density at radius 2 is 2.14 bits per heavy atom. The number of carboxylic acid groups (broad SMARTS) is 1. The molecule has 2 rings (SSSR count). The smallest absolute Gasteiger partial charge is 0.326 e. The summed E-state index contributed by atoms with van der Waals surface area (Å²) < 4.78 is 10.8. The molecule has 1 aromatic heterocycles. The van der Waals surface area contributed by atoms with Gasteiger partial charge in [-0.2, -0.15) is 0 Å². The number of carboxylic acids is 1. The number of likely N-dealkylation sites (tertiary alicyclic amines) is 1. The summed E-state index contributed by atoms with van der Waals surface area (Å²) >= 11 is 0. The molecule has 2 atom stereocenters. The molecule has 6 nitrogen and oxygen atoms in total. The minimum absolute atomic E-state index is 0.172. The van der Waals surface area contributed by atoms with Gasteiger partial charge in [0.2, 0.25) is 0 Å². The number of carbonyl (C=O) groups excluding carboxylic acids is 1. The molecule has 0 spiro atoms. The van der Waals surface area contributed by atoms with E-state index in [2.05, 4.69) is 0 Å². The van der Waals surface area contributed by atoms with Crippen molar-refractivity contribution in [2.24, 2.45) is 0 Å². The van der Waals surface area contributed by atoms with E-state index in [0.717, 1.165) is 5.76 Å². The standard InChI is InChI=1S/C15H21NO5/c1-8(2)13-6-11(9(3)21-13)14(17)16-7-10(20-4)5-12(16)15(18)19/h6,8,10,12H,5,7H2,1-4H3,(H,18,19). The zero-order valence-corrected chi connectivity index (χ0v) is 12.8. The number of hydrogen-bond donors (Lipinski definition) is 1. The minimum atomic E-state index is -1.01. The van der Waals surface area contributed by atoms with Gasteiger partial charge < -0.3 is 19.2 Å². The fourth-order valence-corrected chi connectivity index (χ4v) is 2.58. The lowest BCUT2D eigenvalue weighted by molar-refractivity contribution is -0.141. The predicted molar refractivity (Wildman–Crippen MR) is 75.4 cm³/mol. The van der Waals surface area contributed by atoms with Crippen LogP contribution in [0.1, 0.15) is 48.1 Å². The van der Waals surface area contributed by atoms with E-state index in [1.165, 1.54) is 12.0 Å². The van der Waals surface area contributed by atoms with Crippen molar-refractivity contribution < 1.29 is 23.8 Å². The van der Waals surface area contributed by atoms with Crippen molar-refractivity contribution in [3.8, 4) is 0 Å². The summed E-state index contributed by atoms with van der Waals surface area (Å²) in [7, 11) is 1.53. The molecule has 1 N–H and O–H groups in total. The van der Waals surface area contributed by atoms with Crippen LogP contribution in [-0.2, 0) is 9.53 Å².